The second kappa shape index (κ2) is 7.97. The van der Waals surface area contributed by atoms with E-state index in [1.807, 2.05) is 0 Å². The topological polar surface area (TPSA) is 58.2 Å². The average molecular weight is 387 g/mol. The third-order valence-electron chi connectivity index (χ3n) is 3.71. The van der Waals surface area contributed by atoms with Crippen LogP contribution < -0.4 is 10.6 Å². The summed E-state index contributed by atoms with van der Waals surface area (Å²) in [4.78, 5) is 24.4. The van der Waals surface area contributed by atoms with E-state index >= 15 is 0 Å². The molecule has 0 heterocycles. The monoisotopic (exact) mass is 386 g/mol. The fourth-order valence-corrected chi connectivity index (χ4v) is 2.50. The van der Waals surface area contributed by atoms with Crippen LogP contribution in [0.25, 0.3) is 0 Å². The van der Waals surface area contributed by atoms with Crippen LogP contribution in [0, 0.1) is 11.6 Å². The van der Waals surface area contributed by atoms with Gasteiger partial charge in [-0.1, -0.05) is 23.7 Å². The second-order valence-corrected chi connectivity index (χ2v) is 6.00. The van der Waals surface area contributed by atoms with Gasteiger partial charge in [-0.2, -0.15) is 0 Å². The summed E-state index contributed by atoms with van der Waals surface area (Å²) in [5.41, 5.74) is 0.868. The number of benzene rings is 3. The summed E-state index contributed by atoms with van der Waals surface area (Å²) in [5.74, 6) is -2.59. The van der Waals surface area contributed by atoms with Crippen molar-refractivity contribution < 1.29 is 18.4 Å². The highest BCUT2D eigenvalue weighted by atomic mass is 35.5. The van der Waals surface area contributed by atoms with Crippen molar-refractivity contribution in [1.82, 2.24) is 0 Å². The van der Waals surface area contributed by atoms with E-state index in [0.717, 1.165) is 12.1 Å². The molecule has 0 saturated carbocycles. The summed E-state index contributed by atoms with van der Waals surface area (Å²) in [6.07, 6.45) is 0. The van der Waals surface area contributed by atoms with Crippen LogP contribution >= 0.6 is 11.6 Å². The van der Waals surface area contributed by atoms with Crippen molar-refractivity contribution in [3.05, 3.63) is 94.5 Å². The molecule has 3 rings (SSSR count). The number of carbonyl (C=O) groups excluding carboxylic acids is 2. The largest absolute Gasteiger partial charge is 0.321 e. The molecule has 0 unspecified atom stereocenters. The third kappa shape index (κ3) is 4.48. The predicted octanol–water partition coefficient (Wildman–Crippen LogP) is 5.12. The minimum absolute atomic E-state index is 0.137. The van der Waals surface area contributed by atoms with Gasteiger partial charge in [-0.15, -0.1) is 0 Å². The molecular formula is C20H13ClF2N2O2. The van der Waals surface area contributed by atoms with Crippen molar-refractivity contribution in [3.8, 4) is 0 Å². The number of nitrogens with one attached hydrogen (secondary N) is 2. The van der Waals surface area contributed by atoms with Gasteiger partial charge < -0.3 is 10.6 Å². The van der Waals surface area contributed by atoms with Crippen LogP contribution in [0.3, 0.4) is 0 Å². The van der Waals surface area contributed by atoms with Crippen molar-refractivity contribution in [2.75, 3.05) is 10.6 Å². The second-order valence-electron chi connectivity index (χ2n) is 5.59. The lowest BCUT2D eigenvalue weighted by Gasteiger charge is -2.09. The maximum atomic E-state index is 13.6. The first-order valence-corrected chi connectivity index (χ1v) is 8.24. The quantitative estimate of drug-likeness (QED) is 0.653. The molecule has 0 bridgehead atoms. The van der Waals surface area contributed by atoms with E-state index in [1.165, 1.54) is 24.3 Å². The molecule has 0 fully saturated rings. The Kier molecular flexibility index (Phi) is 5.47. The van der Waals surface area contributed by atoms with Gasteiger partial charge in [0.05, 0.1) is 16.4 Å². The molecule has 136 valence electrons. The molecule has 2 N–H and O–H groups in total. The Hall–Kier alpha value is -3.25. The first kappa shape index (κ1) is 18.5. The molecule has 0 saturated heterocycles. The number of hydrogen-bond donors (Lipinski definition) is 2. The van der Waals surface area contributed by atoms with Gasteiger partial charge in [0.2, 0.25) is 0 Å². The van der Waals surface area contributed by atoms with Gasteiger partial charge in [0.15, 0.2) is 0 Å². The predicted molar refractivity (Wildman–Crippen MR) is 100 cm³/mol. The smallest absolute Gasteiger partial charge is 0.255 e. The van der Waals surface area contributed by atoms with Gasteiger partial charge in [0.1, 0.15) is 11.6 Å². The van der Waals surface area contributed by atoms with Gasteiger partial charge >= 0.3 is 0 Å². The molecule has 3 aromatic carbocycles. The van der Waals surface area contributed by atoms with Gasteiger partial charge in [0.25, 0.3) is 11.8 Å². The average Bonchev–Trinajstić information content (AvgIpc) is 2.66. The van der Waals surface area contributed by atoms with Crippen LogP contribution in [0.1, 0.15) is 20.7 Å². The van der Waals surface area contributed by atoms with E-state index in [4.69, 9.17) is 11.6 Å². The van der Waals surface area contributed by atoms with Crippen molar-refractivity contribution in [3.63, 3.8) is 0 Å². The van der Waals surface area contributed by atoms with Crippen molar-refractivity contribution >= 4 is 34.8 Å². The van der Waals surface area contributed by atoms with E-state index < -0.39 is 17.5 Å². The normalized spacial score (nSPS) is 10.3. The summed E-state index contributed by atoms with van der Waals surface area (Å²) >= 11 is 6.00. The van der Waals surface area contributed by atoms with Crippen LogP contribution in [0.15, 0.2) is 66.7 Å². The molecule has 0 aromatic heterocycles. The molecule has 27 heavy (non-hydrogen) atoms. The first-order chi connectivity index (χ1) is 12.9. The van der Waals surface area contributed by atoms with E-state index in [0.29, 0.717) is 22.3 Å². The molecule has 0 atom stereocenters. The Morgan fingerprint density at radius 3 is 1.85 bits per heavy atom. The standard InChI is InChI=1S/C20H13ClF2N2O2/c21-15-3-1-2-4-17(15)24-19(26)12-5-7-13(8-6-12)20(27)25-18-10-9-14(22)11-16(18)23/h1-11H,(H,24,26)(H,25,27). The van der Waals surface area contributed by atoms with Crippen molar-refractivity contribution in [2.45, 2.75) is 0 Å². The van der Waals surface area contributed by atoms with E-state index in [9.17, 15) is 18.4 Å². The highest BCUT2D eigenvalue weighted by Gasteiger charge is 2.12. The molecule has 0 aliphatic heterocycles. The van der Waals surface area contributed by atoms with Crippen LogP contribution in [-0.4, -0.2) is 11.8 Å². The van der Waals surface area contributed by atoms with Crippen molar-refractivity contribution in [2.24, 2.45) is 0 Å². The lowest BCUT2D eigenvalue weighted by Crippen LogP contribution is -2.15. The lowest BCUT2D eigenvalue weighted by molar-refractivity contribution is 0.101. The number of amides is 2. The van der Waals surface area contributed by atoms with Gasteiger partial charge in [0, 0.05) is 17.2 Å². The van der Waals surface area contributed by atoms with Crippen molar-refractivity contribution in [1.29, 1.82) is 0 Å². The molecule has 4 nitrogen and oxygen atoms in total. The van der Waals surface area contributed by atoms with Gasteiger partial charge in [-0.25, -0.2) is 8.78 Å². The van der Waals surface area contributed by atoms with Crippen LogP contribution in [0.5, 0.6) is 0 Å². The molecule has 7 heteroatoms. The Morgan fingerprint density at radius 1 is 0.741 bits per heavy atom. The lowest BCUT2D eigenvalue weighted by atomic mass is 10.1. The van der Waals surface area contributed by atoms with E-state index in [2.05, 4.69) is 10.6 Å². The molecule has 2 amide bonds. The zero-order valence-electron chi connectivity index (χ0n) is 13.8. The maximum absolute atomic E-state index is 13.6. The first-order valence-electron chi connectivity index (χ1n) is 7.86. The summed E-state index contributed by atoms with van der Waals surface area (Å²) in [6.45, 7) is 0. The molecule has 0 aliphatic carbocycles. The number of rotatable bonds is 4. The minimum atomic E-state index is -0.876. The zero-order chi connectivity index (χ0) is 19.4. The highest BCUT2D eigenvalue weighted by molar-refractivity contribution is 6.33. The number of para-hydroxylation sites is 1. The van der Waals surface area contributed by atoms with Gasteiger partial charge in [-0.3, -0.25) is 9.59 Å². The molecular weight excluding hydrogens is 374 g/mol. The summed E-state index contributed by atoms with van der Waals surface area (Å²) in [6, 6.07) is 15.4. The van der Waals surface area contributed by atoms with E-state index in [-0.39, 0.29) is 17.2 Å². The fourth-order valence-electron chi connectivity index (χ4n) is 2.32. The molecule has 0 radical (unpaired) electrons. The molecule has 3 aromatic rings. The van der Waals surface area contributed by atoms with Crippen LogP contribution in [0.4, 0.5) is 20.2 Å². The Bertz CT molecular complexity index is 1010. The minimum Gasteiger partial charge on any atom is -0.321 e. The summed E-state index contributed by atoms with van der Waals surface area (Å²) in [5, 5.41) is 5.43. The number of anilines is 2. The third-order valence-corrected chi connectivity index (χ3v) is 4.04. The number of hydrogen-bond acceptors (Lipinski definition) is 2. The molecule has 0 aliphatic rings. The molecule has 0 spiro atoms. The Labute approximate surface area is 158 Å². The fraction of sp³-hybridized carbons (Fsp3) is 0. The van der Waals surface area contributed by atoms with Crippen LogP contribution in [0.2, 0.25) is 5.02 Å². The Balaban J connectivity index is 1.70. The van der Waals surface area contributed by atoms with Crippen LogP contribution in [-0.2, 0) is 0 Å². The number of halogens is 3. The SMILES string of the molecule is O=C(Nc1ccc(F)cc1F)c1ccc(C(=O)Nc2ccccc2Cl)cc1. The maximum Gasteiger partial charge on any atom is 0.255 e. The Morgan fingerprint density at radius 2 is 1.30 bits per heavy atom. The summed E-state index contributed by atoms with van der Waals surface area (Å²) in [7, 11) is 0. The van der Waals surface area contributed by atoms with Gasteiger partial charge in [-0.05, 0) is 48.5 Å². The highest BCUT2D eigenvalue weighted by Crippen LogP contribution is 2.21. The van der Waals surface area contributed by atoms with E-state index in [1.54, 1.807) is 24.3 Å². The number of carbonyl (C=O) groups is 2. The summed E-state index contributed by atoms with van der Waals surface area (Å²) < 4.78 is 26.5. The zero-order valence-corrected chi connectivity index (χ0v) is 14.6.